The number of carboxylic acid groups (broad SMARTS) is 1. The molecule has 1 aliphatic carbocycles. The van der Waals surface area contributed by atoms with E-state index < -0.39 is 23.0 Å². The molecule has 0 saturated heterocycles. The van der Waals surface area contributed by atoms with Gasteiger partial charge in [0, 0.05) is 25.3 Å². The van der Waals surface area contributed by atoms with Crippen molar-refractivity contribution in [2.24, 2.45) is 5.41 Å². The van der Waals surface area contributed by atoms with E-state index in [1.165, 1.54) is 6.07 Å². The summed E-state index contributed by atoms with van der Waals surface area (Å²) >= 11 is 0. The van der Waals surface area contributed by atoms with E-state index in [0.29, 0.717) is 25.1 Å². The lowest BCUT2D eigenvalue weighted by Crippen LogP contribution is -2.46. The molecule has 0 aromatic heterocycles. The van der Waals surface area contributed by atoms with Crippen molar-refractivity contribution in [3.8, 4) is 0 Å². The molecule has 1 aromatic rings. The number of carbonyl (C=O) groups is 1. The van der Waals surface area contributed by atoms with E-state index in [4.69, 9.17) is 0 Å². The van der Waals surface area contributed by atoms with Crippen LogP contribution in [0.5, 0.6) is 0 Å². The molecule has 0 amide bonds. The van der Waals surface area contributed by atoms with Crippen LogP contribution < -0.4 is 4.90 Å². The van der Waals surface area contributed by atoms with Gasteiger partial charge in [-0.25, -0.2) is 8.78 Å². The number of hydrogen-bond acceptors (Lipinski definition) is 2. The molecule has 2 rings (SSSR count). The Balaban J connectivity index is 2.14. The summed E-state index contributed by atoms with van der Waals surface area (Å²) in [4.78, 5) is 12.9. The van der Waals surface area contributed by atoms with Crippen molar-refractivity contribution >= 4 is 11.7 Å². The molecule has 0 spiro atoms. The summed E-state index contributed by atoms with van der Waals surface area (Å²) < 4.78 is 25.9. The lowest BCUT2D eigenvalue weighted by atomic mass is 9.68. The normalized spacial score (nSPS) is 17.1. The van der Waals surface area contributed by atoms with Crippen LogP contribution in [0.25, 0.3) is 0 Å². The minimum Gasteiger partial charge on any atom is -0.481 e. The van der Waals surface area contributed by atoms with Gasteiger partial charge in [-0.05, 0) is 25.0 Å². The fourth-order valence-electron chi connectivity index (χ4n) is 2.31. The molecule has 0 unspecified atom stereocenters. The highest BCUT2D eigenvalue weighted by Crippen LogP contribution is 2.42. The van der Waals surface area contributed by atoms with E-state index in [1.54, 1.807) is 11.9 Å². The molecule has 5 heteroatoms. The standard InChI is InChI=1S/C13H15F2NO2/c1-16(8-13(12(17)18)5-2-6-13)9-3-4-10(14)11(15)7-9/h3-4,7H,2,5-6,8H2,1H3,(H,17,18). The van der Waals surface area contributed by atoms with E-state index in [0.717, 1.165) is 18.6 Å². The first-order chi connectivity index (χ1) is 8.44. The number of carboxylic acids is 1. The van der Waals surface area contributed by atoms with Crippen LogP contribution in [0.15, 0.2) is 18.2 Å². The number of anilines is 1. The molecule has 18 heavy (non-hydrogen) atoms. The average Bonchev–Trinajstić information content (AvgIpc) is 2.26. The minimum absolute atomic E-state index is 0.313. The summed E-state index contributed by atoms with van der Waals surface area (Å²) in [6, 6.07) is 3.59. The second-order valence-corrected chi connectivity index (χ2v) is 4.89. The van der Waals surface area contributed by atoms with Gasteiger partial charge in [0.1, 0.15) is 0 Å². The zero-order valence-electron chi connectivity index (χ0n) is 10.1. The highest BCUT2D eigenvalue weighted by atomic mass is 19.2. The SMILES string of the molecule is CN(CC1(C(=O)O)CCC1)c1ccc(F)c(F)c1. The van der Waals surface area contributed by atoms with Gasteiger partial charge in [0.15, 0.2) is 11.6 Å². The van der Waals surface area contributed by atoms with Crippen LogP contribution in [-0.2, 0) is 4.79 Å². The molecular weight excluding hydrogens is 240 g/mol. The van der Waals surface area contributed by atoms with Gasteiger partial charge in [-0.15, -0.1) is 0 Å². The molecular formula is C13H15F2NO2. The predicted molar refractivity (Wildman–Crippen MR) is 63.5 cm³/mol. The van der Waals surface area contributed by atoms with Crippen molar-refractivity contribution < 1.29 is 18.7 Å². The Kier molecular flexibility index (Phi) is 3.24. The summed E-state index contributed by atoms with van der Waals surface area (Å²) in [7, 11) is 1.69. The van der Waals surface area contributed by atoms with Crippen LogP contribution >= 0.6 is 0 Å². The molecule has 1 aromatic carbocycles. The van der Waals surface area contributed by atoms with E-state index in [-0.39, 0.29) is 0 Å². The Bertz CT molecular complexity index is 472. The zero-order valence-corrected chi connectivity index (χ0v) is 10.1. The van der Waals surface area contributed by atoms with Gasteiger partial charge in [-0.1, -0.05) is 6.42 Å². The number of halogens is 2. The van der Waals surface area contributed by atoms with Crippen molar-refractivity contribution in [2.45, 2.75) is 19.3 Å². The highest BCUT2D eigenvalue weighted by molar-refractivity contribution is 5.76. The molecule has 1 N–H and O–H groups in total. The maximum atomic E-state index is 13.1. The van der Waals surface area contributed by atoms with Crippen LogP contribution in [0.4, 0.5) is 14.5 Å². The Hall–Kier alpha value is -1.65. The first kappa shape index (κ1) is 12.8. The van der Waals surface area contributed by atoms with Crippen molar-refractivity contribution in [1.82, 2.24) is 0 Å². The summed E-state index contributed by atoms with van der Waals surface area (Å²) in [5.74, 6) is -2.63. The number of hydrogen-bond donors (Lipinski definition) is 1. The van der Waals surface area contributed by atoms with Gasteiger partial charge < -0.3 is 10.0 Å². The predicted octanol–water partition coefficient (Wildman–Crippen LogP) is 2.66. The van der Waals surface area contributed by atoms with Crippen molar-refractivity contribution in [2.75, 3.05) is 18.5 Å². The Labute approximate surface area is 104 Å². The quantitative estimate of drug-likeness (QED) is 0.899. The monoisotopic (exact) mass is 255 g/mol. The Morgan fingerprint density at radius 3 is 2.50 bits per heavy atom. The molecule has 0 radical (unpaired) electrons. The highest BCUT2D eigenvalue weighted by Gasteiger charge is 2.45. The summed E-state index contributed by atoms with van der Waals surface area (Å²) in [5, 5.41) is 9.22. The van der Waals surface area contributed by atoms with Crippen LogP contribution in [0.3, 0.4) is 0 Å². The van der Waals surface area contributed by atoms with Gasteiger partial charge in [0.2, 0.25) is 0 Å². The molecule has 1 saturated carbocycles. The van der Waals surface area contributed by atoms with Gasteiger partial charge in [-0.3, -0.25) is 4.79 Å². The summed E-state index contributed by atoms with van der Waals surface area (Å²) in [6.07, 6.45) is 2.17. The maximum Gasteiger partial charge on any atom is 0.311 e. The van der Waals surface area contributed by atoms with E-state index in [9.17, 15) is 18.7 Å². The van der Waals surface area contributed by atoms with Crippen LogP contribution in [0, 0.1) is 17.0 Å². The second kappa shape index (κ2) is 4.55. The van der Waals surface area contributed by atoms with Gasteiger partial charge >= 0.3 is 5.97 Å². The summed E-state index contributed by atoms with van der Waals surface area (Å²) in [5.41, 5.74) is -0.249. The molecule has 3 nitrogen and oxygen atoms in total. The van der Waals surface area contributed by atoms with Crippen LogP contribution in [0.1, 0.15) is 19.3 Å². The molecule has 98 valence electrons. The van der Waals surface area contributed by atoms with Crippen molar-refractivity contribution in [3.63, 3.8) is 0 Å². The first-order valence-corrected chi connectivity index (χ1v) is 5.84. The van der Waals surface area contributed by atoms with Crippen molar-refractivity contribution in [3.05, 3.63) is 29.8 Å². The topological polar surface area (TPSA) is 40.5 Å². The zero-order chi connectivity index (χ0) is 13.3. The number of aliphatic carboxylic acids is 1. The van der Waals surface area contributed by atoms with Crippen LogP contribution in [0.2, 0.25) is 0 Å². The number of nitrogens with zero attached hydrogens (tertiary/aromatic N) is 1. The lowest BCUT2D eigenvalue weighted by Gasteiger charge is -2.41. The molecule has 0 bridgehead atoms. The van der Waals surface area contributed by atoms with Gasteiger partial charge in [-0.2, -0.15) is 0 Å². The molecule has 0 atom stereocenters. The van der Waals surface area contributed by atoms with Gasteiger partial charge in [0.05, 0.1) is 5.41 Å². The van der Waals surface area contributed by atoms with E-state index >= 15 is 0 Å². The smallest absolute Gasteiger partial charge is 0.311 e. The molecule has 0 heterocycles. The number of rotatable bonds is 4. The van der Waals surface area contributed by atoms with Crippen molar-refractivity contribution in [1.29, 1.82) is 0 Å². The third-order valence-corrected chi connectivity index (χ3v) is 3.65. The number of benzene rings is 1. The third kappa shape index (κ3) is 2.17. The average molecular weight is 255 g/mol. The summed E-state index contributed by atoms with van der Waals surface area (Å²) in [6.45, 7) is 0.313. The Morgan fingerprint density at radius 2 is 2.06 bits per heavy atom. The molecule has 1 aliphatic rings. The Morgan fingerprint density at radius 1 is 1.39 bits per heavy atom. The third-order valence-electron chi connectivity index (χ3n) is 3.65. The minimum atomic E-state index is -0.919. The maximum absolute atomic E-state index is 13.1. The first-order valence-electron chi connectivity index (χ1n) is 5.84. The van der Waals surface area contributed by atoms with Crippen LogP contribution in [-0.4, -0.2) is 24.7 Å². The fraction of sp³-hybridized carbons (Fsp3) is 0.462. The van der Waals surface area contributed by atoms with E-state index in [1.807, 2.05) is 0 Å². The molecule has 0 aliphatic heterocycles. The van der Waals surface area contributed by atoms with E-state index in [2.05, 4.69) is 0 Å². The second-order valence-electron chi connectivity index (χ2n) is 4.89. The lowest BCUT2D eigenvalue weighted by molar-refractivity contribution is -0.153. The van der Waals surface area contributed by atoms with Gasteiger partial charge in [0.25, 0.3) is 0 Å². The largest absolute Gasteiger partial charge is 0.481 e. The fourth-order valence-corrected chi connectivity index (χ4v) is 2.31. The molecule has 1 fully saturated rings.